The summed E-state index contributed by atoms with van der Waals surface area (Å²) >= 11 is 0. The van der Waals surface area contributed by atoms with E-state index >= 15 is 0 Å². The van der Waals surface area contributed by atoms with Crippen molar-refractivity contribution in [3.05, 3.63) is 42.4 Å². The Morgan fingerprint density at radius 1 is 1.42 bits per heavy atom. The van der Waals surface area contributed by atoms with Crippen molar-refractivity contribution in [2.45, 2.75) is 0 Å². The Labute approximate surface area is 108 Å². The average molecular weight is 251 g/mol. The largest absolute Gasteiger partial charge is 0.345 e. The van der Waals surface area contributed by atoms with E-state index in [9.17, 15) is 0 Å². The highest BCUT2D eigenvalue weighted by molar-refractivity contribution is 5.58. The van der Waals surface area contributed by atoms with E-state index in [4.69, 9.17) is 9.78 Å². The fourth-order valence-corrected chi connectivity index (χ4v) is 1.78. The summed E-state index contributed by atoms with van der Waals surface area (Å²) in [5.74, 6) is 0.852. The smallest absolute Gasteiger partial charge is 0.274 e. The van der Waals surface area contributed by atoms with Crippen LogP contribution in [0.2, 0.25) is 0 Å². The van der Waals surface area contributed by atoms with E-state index in [1.54, 1.807) is 29.2 Å². The molecule has 0 aliphatic heterocycles. The molecule has 0 aliphatic carbocycles. The third kappa shape index (κ3) is 1.98. The number of pyridine rings is 1. The van der Waals surface area contributed by atoms with Gasteiger partial charge in [-0.25, -0.2) is 0 Å². The molecule has 0 aliphatic rings. The van der Waals surface area contributed by atoms with Gasteiger partial charge in [0.25, 0.3) is 5.89 Å². The van der Waals surface area contributed by atoms with Gasteiger partial charge in [0.2, 0.25) is 5.82 Å². The second-order valence-electron chi connectivity index (χ2n) is 4.00. The van der Waals surface area contributed by atoms with Crippen molar-refractivity contribution in [1.82, 2.24) is 19.7 Å². The van der Waals surface area contributed by atoms with Crippen LogP contribution in [0.1, 0.15) is 5.56 Å². The molecular weight excluding hydrogens is 242 g/mol. The van der Waals surface area contributed by atoms with Crippen LogP contribution in [0.25, 0.3) is 23.0 Å². The van der Waals surface area contributed by atoms with Crippen LogP contribution >= 0.6 is 0 Å². The summed E-state index contributed by atoms with van der Waals surface area (Å²) in [4.78, 5) is 8.32. The molecule has 0 N–H and O–H groups in total. The molecule has 3 rings (SSSR count). The first kappa shape index (κ1) is 11.2. The monoisotopic (exact) mass is 251 g/mol. The lowest BCUT2D eigenvalue weighted by atomic mass is 10.3. The van der Waals surface area contributed by atoms with Gasteiger partial charge in [-0.05, 0) is 18.2 Å². The maximum absolute atomic E-state index is 8.87. The van der Waals surface area contributed by atoms with Gasteiger partial charge in [-0.1, -0.05) is 5.16 Å². The molecule has 19 heavy (non-hydrogen) atoms. The number of rotatable bonds is 2. The van der Waals surface area contributed by atoms with E-state index in [1.165, 1.54) is 0 Å². The molecule has 0 amide bonds. The van der Waals surface area contributed by atoms with Gasteiger partial charge in [0.1, 0.15) is 11.8 Å². The number of hydrogen-bond acceptors (Lipinski definition) is 5. The zero-order chi connectivity index (χ0) is 13.2. The number of hydrogen-bond donors (Lipinski definition) is 0. The SMILES string of the molecule is Cn1cc(C#N)cc1-c1nc(-c2cccnc2)no1. The lowest BCUT2D eigenvalue weighted by Crippen LogP contribution is -1.89. The molecular formula is C13H9N5O. The number of nitriles is 1. The molecule has 6 nitrogen and oxygen atoms in total. The predicted octanol–water partition coefficient (Wildman–Crippen LogP) is 2.01. The van der Waals surface area contributed by atoms with E-state index in [-0.39, 0.29) is 0 Å². The molecule has 0 bridgehead atoms. The van der Waals surface area contributed by atoms with Crippen LogP contribution in [0, 0.1) is 11.3 Å². The topological polar surface area (TPSA) is 80.5 Å². The minimum atomic E-state index is 0.378. The second-order valence-corrected chi connectivity index (χ2v) is 4.00. The molecule has 0 spiro atoms. The van der Waals surface area contributed by atoms with Gasteiger partial charge >= 0.3 is 0 Å². The molecule has 3 heterocycles. The molecule has 0 saturated carbocycles. The quantitative estimate of drug-likeness (QED) is 0.695. The summed E-state index contributed by atoms with van der Waals surface area (Å²) < 4.78 is 7.00. The van der Waals surface area contributed by atoms with E-state index in [2.05, 4.69) is 21.2 Å². The lowest BCUT2D eigenvalue weighted by Gasteiger charge is -1.94. The highest BCUT2D eigenvalue weighted by atomic mass is 16.5. The van der Waals surface area contributed by atoms with Crippen molar-refractivity contribution >= 4 is 0 Å². The first-order chi connectivity index (χ1) is 9.28. The molecule has 0 radical (unpaired) electrons. The maximum atomic E-state index is 8.87. The molecule has 3 aromatic rings. The summed E-state index contributed by atoms with van der Waals surface area (Å²) in [5.41, 5.74) is 2.05. The molecule has 92 valence electrons. The normalized spacial score (nSPS) is 10.3. The summed E-state index contributed by atoms with van der Waals surface area (Å²) in [7, 11) is 1.82. The van der Waals surface area contributed by atoms with Crippen molar-refractivity contribution < 1.29 is 4.52 Å². The van der Waals surface area contributed by atoms with Gasteiger partial charge in [0, 0.05) is 31.2 Å². The average Bonchev–Trinajstić information content (AvgIpc) is 3.06. The van der Waals surface area contributed by atoms with E-state index in [0.29, 0.717) is 23.0 Å². The van der Waals surface area contributed by atoms with Crippen LogP contribution in [0.5, 0.6) is 0 Å². The third-order valence-electron chi connectivity index (χ3n) is 2.70. The van der Waals surface area contributed by atoms with Crippen LogP contribution in [0.4, 0.5) is 0 Å². The Morgan fingerprint density at radius 3 is 3.00 bits per heavy atom. The second kappa shape index (κ2) is 4.38. The predicted molar refractivity (Wildman–Crippen MR) is 66.7 cm³/mol. The Kier molecular flexibility index (Phi) is 2.58. The molecule has 3 aromatic heterocycles. The molecule has 0 unspecified atom stereocenters. The van der Waals surface area contributed by atoms with Crippen molar-refractivity contribution in [3.8, 4) is 29.0 Å². The summed E-state index contributed by atoms with van der Waals surface area (Å²) in [6.45, 7) is 0. The van der Waals surface area contributed by atoms with Crippen LogP contribution in [-0.2, 0) is 7.05 Å². The number of nitrogens with zero attached hydrogens (tertiary/aromatic N) is 5. The Balaban J connectivity index is 2.02. The van der Waals surface area contributed by atoms with Crippen LogP contribution < -0.4 is 0 Å². The fraction of sp³-hybridized carbons (Fsp3) is 0.0769. The summed E-state index contributed by atoms with van der Waals surface area (Å²) in [6, 6.07) is 7.45. The van der Waals surface area contributed by atoms with Crippen molar-refractivity contribution in [1.29, 1.82) is 5.26 Å². The van der Waals surface area contributed by atoms with Gasteiger partial charge < -0.3 is 9.09 Å². The van der Waals surface area contributed by atoms with Gasteiger partial charge in [-0.2, -0.15) is 10.2 Å². The first-order valence-electron chi connectivity index (χ1n) is 5.59. The van der Waals surface area contributed by atoms with Crippen molar-refractivity contribution in [2.24, 2.45) is 7.05 Å². The van der Waals surface area contributed by atoms with Crippen LogP contribution in [-0.4, -0.2) is 19.7 Å². The first-order valence-corrected chi connectivity index (χ1v) is 5.59. The van der Waals surface area contributed by atoms with Gasteiger partial charge in [-0.15, -0.1) is 0 Å². The summed E-state index contributed by atoms with van der Waals surface area (Å²) in [5, 5.41) is 12.8. The van der Waals surface area contributed by atoms with E-state index < -0.39 is 0 Å². The summed E-state index contributed by atoms with van der Waals surface area (Å²) in [6.07, 6.45) is 5.06. The molecule has 0 fully saturated rings. The van der Waals surface area contributed by atoms with Crippen molar-refractivity contribution in [2.75, 3.05) is 0 Å². The minimum Gasteiger partial charge on any atom is -0.345 e. The lowest BCUT2D eigenvalue weighted by molar-refractivity contribution is 0.429. The zero-order valence-corrected chi connectivity index (χ0v) is 10.1. The van der Waals surface area contributed by atoms with Crippen molar-refractivity contribution in [3.63, 3.8) is 0 Å². The molecule has 6 heteroatoms. The third-order valence-corrected chi connectivity index (χ3v) is 2.70. The van der Waals surface area contributed by atoms with E-state index in [1.807, 2.05) is 19.2 Å². The maximum Gasteiger partial charge on any atom is 0.274 e. The number of aryl methyl sites for hydroxylation is 1. The molecule has 0 aromatic carbocycles. The minimum absolute atomic E-state index is 0.378. The van der Waals surface area contributed by atoms with E-state index in [0.717, 1.165) is 5.56 Å². The molecule has 0 saturated heterocycles. The Morgan fingerprint density at radius 2 is 2.32 bits per heavy atom. The number of aromatic nitrogens is 4. The standard InChI is InChI=1S/C13H9N5O/c1-18-8-9(6-14)5-11(18)13-16-12(17-19-13)10-3-2-4-15-7-10/h2-5,7-8H,1H3. The Bertz CT molecular complexity index is 751. The highest BCUT2D eigenvalue weighted by Gasteiger charge is 2.14. The zero-order valence-electron chi connectivity index (χ0n) is 10.1. The van der Waals surface area contributed by atoms with Crippen LogP contribution in [0.3, 0.4) is 0 Å². The van der Waals surface area contributed by atoms with Gasteiger partial charge in [-0.3, -0.25) is 4.98 Å². The molecule has 0 atom stereocenters. The highest BCUT2D eigenvalue weighted by Crippen LogP contribution is 2.22. The van der Waals surface area contributed by atoms with Gasteiger partial charge in [0.05, 0.1) is 5.56 Å². The van der Waals surface area contributed by atoms with Crippen LogP contribution in [0.15, 0.2) is 41.3 Å². The fourth-order valence-electron chi connectivity index (χ4n) is 1.78. The van der Waals surface area contributed by atoms with Gasteiger partial charge in [0.15, 0.2) is 0 Å². The Hall–Kier alpha value is -2.94.